The average molecular weight is 604 g/mol. The van der Waals surface area contributed by atoms with Gasteiger partial charge < -0.3 is 10.4 Å². The molecule has 0 radical (unpaired) electrons. The standard InChI is InChI=1S/C32H49N3O4S2/c1-30(2,3)23-20-22(15-16-25(23)41(9,39)35-31(4,5)6)26-24(19-21-13-11-10-12-14-21)34-28(40-26)27(36)33-18-17-32(7,8)29(37)38/h15-16,20-21H,9-14,17-19H2,1-8H3,(H,33,36)(H,35,39)(H,37,38). The highest BCUT2D eigenvalue weighted by atomic mass is 32.2. The van der Waals surface area contributed by atoms with E-state index in [1.807, 2.05) is 32.9 Å². The van der Waals surface area contributed by atoms with Crippen LogP contribution in [0.3, 0.4) is 0 Å². The van der Waals surface area contributed by atoms with Crippen LogP contribution in [-0.2, 0) is 26.3 Å². The summed E-state index contributed by atoms with van der Waals surface area (Å²) >= 11 is 1.37. The Kier molecular flexibility index (Phi) is 10.2. The summed E-state index contributed by atoms with van der Waals surface area (Å²) in [6.07, 6.45) is 7.18. The van der Waals surface area contributed by atoms with Crippen LogP contribution < -0.4 is 10.0 Å². The van der Waals surface area contributed by atoms with Crippen LogP contribution >= 0.6 is 11.3 Å². The minimum Gasteiger partial charge on any atom is -0.481 e. The molecule has 1 amide bonds. The third-order valence-corrected chi connectivity index (χ3v) is 10.7. The predicted molar refractivity (Wildman–Crippen MR) is 171 cm³/mol. The molecule has 0 saturated heterocycles. The Labute approximate surface area is 251 Å². The summed E-state index contributed by atoms with van der Waals surface area (Å²) in [5.41, 5.74) is 1.24. The Morgan fingerprint density at radius 3 is 2.27 bits per heavy atom. The molecule has 41 heavy (non-hydrogen) atoms. The van der Waals surface area contributed by atoms with Gasteiger partial charge in [0.1, 0.15) is 0 Å². The van der Waals surface area contributed by atoms with Gasteiger partial charge in [0.25, 0.3) is 5.91 Å². The van der Waals surface area contributed by atoms with E-state index in [0.717, 1.165) is 41.0 Å². The maximum atomic E-state index is 13.8. The fourth-order valence-electron chi connectivity index (χ4n) is 5.24. The lowest BCUT2D eigenvalue weighted by Gasteiger charge is -2.29. The molecule has 2 aromatic rings. The molecular formula is C32H49N3O4S2. The van der Waals surface area contributed by atoms with Crippen molar-refractivity contribution in [2.45, 2.75) is 116 Å². The topological polar surface area (TPSA) is 108 Å². The Morgan fingerprint density at radius 2 is 1.71 bits per heavy atom. The van der Waals surface area contributed by atoms with E-state index in [-0.39, 0.29) is 23.4 Å². The molecule has 228 valence electrons. The second-order valence-corrected chi connectivity index (χ2v) is 17.2. The number of aliphatic carboxylic acids is 1. The number of carbonyl (C=O) groups excluding carboxylic acids is 1. The zero-order chi connectivity index (χ0) is 30.8. The van der Waals surface area contributed by atoms with Crippen LogP contribution in [0, 0.1) is 11.3 Å². The number of aromatic nitrogens is 1. The first-order valence-electron chi connectivity index (χ1n) is 14.6. The summed E-state index contributed by atoms with van der Waals surface area (Å²) in [5.74, 6) is 3.46. The van der Waals surface area contributed by atoms with Crippen molar-refractivity contribution in [3.63, 3.8) is 0 Å². The van der Waals surface area contributed by atoms with E-state index in [1.54, 1.807) is 13.8 Å². The summed E-state index contributed by atoms with van der Waals surface area (Å²) in [5, 5.41) is 12.7. The molecule has 1 aliphatic carbocycles. The van der Waals surface area contributed by atoms with Gasteiger partial charge in [0.05, 0.1) is 25.7 Å². The molecule has 1 aromatic heterocycles. The van der Waals surface area contributed by atoms with E-state index < -0.39 is 21.1 Å². The van der Waals surface area contributed by atoms with Gasteiger partial charge in [0.15, 0.2) is 5.01 Å². The van der Waals surface area contributed by atoms with Gasteiger partial charge in [-0.15, -0.1) is 11.3 Å². The Balaban J connectivity index is 2.02. The van der Waals surface area contributed by atoms with Crippen LogP contribution in [-0.4, -0.2) is 44.1 Å². The molecule has 0 spiro atoms. The summed E-state index contributed by atoms with van der Waals surface area (Å²) in [6.45, 7) is 15.8. The highest BCUT2D eigenvalue weighted by Gasteiger charge is 2.29. The summed E-state index contributed by atoms with van der Waals surface area (Å²) in [4.78, 5) is 31.1. The minimum absolute atomic E-state index is 0.256. The van der Waals surface area contributed by atoms with Crippen molar-refractivity contribution in [3.8, 4) is 10.4 Å². The number of carboxylic acid groups (broad SMARTS) is 1. The molecule has 1 saturated carbocycles. The van der Waals surface area contributed by atoms with Gasteiger partial charge in [-0.2, -0.15) is 0 Å². The van der Waals surface area contributed by atoms with Gasteiger partial charge in [-0.25, -0.2) is 13.9 Å². The fourth-order valence-corrected chi connectivity index (χ4v) is 8.36. The maximum Gasteiger partial charge on any atom is 0.309 e. The van der Waals surface area contributed by atoms with Crippen molar-refractivity contribution in [3.05, 3.63) is 34.5 Å². The van der Waals surface area contributed by atoms with Crippen molar-refractivity contribution in [2.75, 3.05) is 6.54 Å². The van der Waals surface area contributed by atoms with Crippen molar-refractivity contribution >= 4 is 38.8 Å². The van der Waals surface area contributed by atoms with Gasteiger partial charge in [-0.05, 0) is 87.9 Å². The van der Waals surface area contributed by atoms with Gasteiger partial charge >= 0.3 is 5.97 Å². The largest absolute Gasteiger partial charge is 0.481 e. The van der Waals surface area contributed by atoms with Crippen LogP contribution in [0.4, 0.5) is 0 Å². The van der Waals surface area contributed by atoms with E-state index in [2.05, 4.69) is 42.7 Å². The van der Waals surface area contributed by atoms with Crippen LogP contribution in [0.5, 0.6) is 0 Å². The molecule has 3 rings (SSSR count). The minimum atomic E-state index is -2.77. The summed E-state index contributed by atoms with van der Waals surface area (Å²) < 4.78 is 17.1. The SMILES string of the molecule is C=S(=O)(NC(C)(C)C)c1ccc(-c2sc(C(=O)NCCC(C)(C)C(=O)O)nc2CC2CCCCC2)cc1C(C)(C)C. The van der Waals surface area contributed by atoms with Crippen molar-refractivity contribution in [2.24, 2.45) is 11.3 Å². The zero-order valence-electron chi connectivity index (χ0n) is 26.1. The summed E-state index contributed by atoms with van der Waals surface area (Å²) in [7, 11) is -2.77. The molecule has 9 heteroatoms. The highest BCUT2D eigenvalue weighted by Crippen LogP contribution is 2.39. The van der Waals surface area contributed by atoms with Crippen LogP contribution in [0.15, 0.2) is 23.1 Å². The first-order valence-corrected chi connectivity index (χ1v) is 17.2. The number of nitrogens with zero attached hydrogens (tertiary/aromatic N) is 1. The Morgan fingerprint density at radius 1 is 1.07 bits per heavy atom. The van der Waals surface area contributed by atoms with Gasteiger partial charge in [-0.3, -0.25) is 9.59 Å². The normalized spacial score (nSPS) is 16.8. The third-order valence-electron chi connectivity index (χ3n) is 7.59. The van der Waals surface area contributed by atoms with Gasteiger partial charge in [0, 0.05) is 17.0 Å². The number of hydrogen-bond acceptors (Lipinski definition) is 5. The predicted octanol–water partition coefficient (Wildman–Crippen LogP) is 6.84. The highest BCUT2D eigenvalue weighted by molar-refractivity contribution is 7.98. The van der Waals surface area contributed by atoms with Gasteiger partial charge in [-0.1, -0.05) is 58.9 Å². The Bertz CT molecular complexity index is 1360. The number of carbonyl (C=O) groups is 2. The number of hydrogen-bond donors (Lipinski definition) is 3. The molecule has 1 fully saturated rings. The number of thiazole rings is 1. The monoisotopic (exact) mass is 603 g/mol. The lowest BCUT2D eigenvalue weighted by molar-refractivity contribution is -0.147. The van der Waals surface area contributed by atoms with Crippen LogP contribution in [0.2, 0.25) is 0 Å². The number of nitrogens with one attached hydrogen (secondary N) is 2. The first kappa shape index (κ1) is 33.3. The van der Waals surface area contributed by atoms with E-state index in [4.69, 9.17) is 4.98 Å². The van der Waals surface area contributed by atoms with Crippen molar-refractivity contribution in [1.29, 1.82) is 0 Å². The summed E-state index contributed by atoms with van der Waals surface area (Å²) in [6, 6.07) is 6.00. The molecule has 1 heterocycles. The van der Waals surface area contributed by atoms with Crippen molar-refractivity contribution in [1.82, 2.24) is 15.0 Å². The molecule has 3 N–H and O–H groups in total. The maximum absolute atomic E-state index is 13.8. The third kappa shape index (κ3) is 8.88. The molecule has 1 aliphatic rings. The fraction of sp³-hybridized carbons (Fsp3) is 0.625. The second-order valence-electron chi connectivity index (χ2n) is 14.2. The number of amides is 1. The molecule has 0 bridgehead atoms. The van der Waals surface area contributed by atoms with E-state index in [1.165, 1.54) is 30.6 Å². The molecule has 1 aromatic carbocycles. The molecule has 1 atom stereocenters. The second kappa shape index (κ2) is 12.6. The number of rotatable bonds is 10. The molecule has 7 nitrogen and oxygen atoms in total. The van der Waals surface area contributed by atoms with E-state index >= 15 is 0 Å². The first-order chi connectivity index (χ1) is 18.8. The van der Waals surface area contributed by atoms with Crippen LogP contribution in [0.1, 0.15) is 115 Å². The molecular weight excluding hydrogens is 555 g/mol. The lowest BCUT2D eigenvalue weighted by atomic mass is 9.84. The quantitative estimate of drug-likeness (QED) is 0.258. The Hall–Kier alpha value is -2.23. The van der Waals surface area contributed by atoms with E-state index in [9.17, 15) is 18.9 Å². The van der Waals surface area contributed by atoms with Gasteiger partial charge in [0.2, 0.25) is 0 Å². The van der Waals surface area contributed by atoms with Crippen LogP contribution in [0.25, 0.3) is 10.4 Å². The number of benzene rings is 1. The average Bonchev–Trinajstić information content (AvgIpc) is 3.26. The van der Waals surface area contributed by atoms with E-state index in [0.29, 0.717) is 22.2 Å². The smallest absolute Gasteiger partial charge is 0.309 e. The number of carboxylic acids is 1. The lowest BCUT2D eigenvalue weighted by Crippen LogP contribution is -2.41. The van der Waals surface area contributed by atoms with Crippen molar-refractivity contribution < 1.29 is 18.9 Å². The molecule has 1 unspecified atom stereocenters. The molecule has 0 aliphatic heterocycles. The zero-order valence-corrected chi connectivity index (χ0v) is 27.7.